The molecule has 21 heavy (non-hydrogen) atoms. The maximum Gasteiger partial charge on any atom is 0.286 e. The Balaban J connectivity index is 2.00. The molecule has 1 aromatic heterocycles. The lowest BCUT2D eigenvalue weighted by molar-refractivity contribution is -0.132. The molecule has 1 atom stereocenters. The molecule has 2 rings (SSSR count). The zero-order valence-electron chi connectivity index (χ0n) is 12.3. The van der Waals surface area contributed by atoms with Gasteiger partial charge in [0.05, 0.1) is 12.2 Å². The molecule has 3 N–H and O–H groups in total. The van der Waals surface area contributed by atoms with Crippen LogP contribution in [-0.4, -0.2) is 22.0 Å². The Morgan fingerprint density at radius 1 is 1.38 bits per heavy atom. The Hall–Kier alpha value is -1.47. The number of carbonyl (C=O) groups is 2. The van der Waals surface area contributed by atoms with Gasteiger partial charge < -0.3 is 5.32 Å². The summed E-state index contributed by atoms with van der Waals surface area (Å²) >= 11 is 1.16. The Morgan fingerprint density at radius 3 is 2.67 bits per heavy atom. The average Bonchev–Trinajstić information content (AvgIpc) is 2.97. The van der Waals surface area contributed by atoms with Crippen molar-refractivity contribution in [1.82, 2.24) is 15.8 Å². The van der Waals surface area contributed by atoms with Crippen LogP contribution in [0.5, 0.6) is 0 Å². The maximum absolute atomic E-state index is 12.4. The Bertz CT molecular complexity index is 523. The Kier molecular flexibility index (Phi) is 4.95. The van der Waals surface area contributed by atoms with Gasteiger partial charge in [-0.1, -0.05) is 26.2 Å². The normalized spacial score (nSPS) is 18.8. The minimum absolute atomic E-state index is 0.0538. The van der Waals surface area contributed by atoms with E-state index in [1.807, 2.05) is 13.8 Å². The van der Waals surface area contributed by atoms with Crippen molar-refractivity contribution in [2.45, 2.75) is 52.0 Å². The molecule has 1 saturated carbocycles. The van der Waals surface area contributed by atoms with Crippen LogP contribution in [0.1, 0.15) is 66.7 Å². The lowest BCUT2D eigenvalue weighted by atomic mass is 9.75. The highest BCUT2D eigenvalue weighted by molar-refractivity contribution is 7.13. The van der Waals surface area contributed by atoms with Crippen molar-refractivity contribution in [2.75, 3.05) is 0 Å². The summed E-state index contributed by atoms with van der Waals surface area (Å²) in [4.78, 5) is 28.2. The smallest absolute Gasteiger partial charge is 0.286 e. The van der Waals surface area contributed by atoms with Gasteiger partial charge in [-0.25, -0.2) is 10.5 Å². The quantitative estimate of drug-likeness (QED) is 0.588. The van der Waals surface area contributed by atoms with Crippen LogP contribution >= 0.6 is 11.3 Å². The summed E-state index contributed by atoms with van der Waals surface area (Å²) in [6, 6.07) is -0.249. The van der Waals surface area contributed by atoms with E-state index in [1.54, 1.807) is 5.48 Å². The molecule has 0 spiro atoms. The molecule has 1 aromatic rings. The number of aromatic nitrogens is 1. The molecule has 1 unspecified atom stereocenters. The lowest BCUT2D eigenvalue weighted by Gasteiger charge is -2.32. The van der Waals surface area contributed by atoms with Gasteiger partial charge in [0.1, 0.15) is 9.88 Å². The second-order valence-corrected chi connectivity index (χ2v) is 6.88. The Labute approximate surface area is 127 Å². The number of rotatable bonds is 4. The lowest BCUT2D eigenvalue weighted by Crippen LogP contribution is -2.41. The van der Waals surface area contributed by atoms with Crippen molar-refractivity contribution in [3.63, 3.8) is 0 Å². The van der Waals surface area contributed by atoms with E-state index in [9.17, 15) is 9.59 Å². The predicted octanol–water partition coefficient (Wildman–Crippen LogP) is 2.41. The molecule has 0 saturated heterocycles. The maximum atomic E-state index is 12.4. The van der Waals surface area contributed by atoms with Crippen molar-refractivity contribution in [1.29, 1.82) is 0 Å². The van der Waals surface area contributed by atoms with E-state index in [1.165, 1.54) is 12.6 Å². The SMILES string of the molecule is CC(NC(=O)C1(C)CCCCC1)c1ncc(C(=O)NO)s1. The topological polar surface area (TPSA) is 91.3 Å². The summed E-state index contributed by atoms with van der Waals surface area (Å²) in [5.41, 5.74) is 1.28. The number of amides is 2. The minimum Gasteiger partial charge on any atom is -0.347 e. The van der Waals surface area contributed by atoms with Crippen molar-refractivity contribution < 1.29 is 14.8 Å². The molecule has 2 amide bonds. The standard InChI is InChI=1S/C14H21N3O3S/c1-9(12-15-8-10(21-12)11(18)17-20)16-13(19)14(2)6-4-3-5-7-14/h8-9,20H,3-7H2,1-2H3,(H,16,19)(H,17,18). The summed E-state index contributed by atoms with van der Waals surface area (Å²) in [7, 11) is 0. The van der Waals surface area contributed by atoms with Crippen molar-refractivity contribution >= 4 is 23.2 Å². The van der Waals surface area contributed by atoms with Crippen LogP contribution in [-0.2, 0) is 4.79 Å². The van der Waals surface area contributed by atoms with Crippen molar-refractivity contribution in [3.8, 4) is 0 Å². The first-order valence-electron chi connectivity index (χ1n) is 7.17. The number of carbonyl (C=O) groups excluding carboxylic acids is 2. The van der Waals surface area contributed by atoms with Crippen LogP contribution in [0.15, 0.2) is 6.20 Å². The van der Waals surface area contributed by atoms with Gasteiger partial charge in [-0.05, 0) is 19.8 Å². The number of hydrogen-bond donors (Lipinski definition) is 3. The first-order chi connectivity index (χ1) is 9.96. The number of thiazole rings is 1. The first-order valence-corrected chi connectivity index (χ1v) is 7.99. The van der Waals surface area contributed by atoms with Gasteiger partial charge in [-0.2, -0.15) is 0 Å². The monoisotopic (exact) mass is 311 g/mol. The highest BCUT2D eigenvalue weighted by Gasteiger charge is 2.35. The summed E-state index contributed by atoms with van der Waals surface area (Å²) in [5, 5.41) is 12.2. The highest BCUT2D eigenvalue weighted by Crippen LogP contribution is 2.36. The first kappa shape index (κ1) is 15.9. The van der Waals surface area contributed by atoms with E-state index < -0.39 is 5.91 Å². The average molecular weight is 311 g/mol. The van der Waals surface area contributed by atoms with Crippen LogP contribution < -0.4 is 10.8 Å². The number of hydroxylamine groups is 1. The summed E-state index contributed by atoms with van der Waals surface area (Å²) in [6.45, 7) is 3.87. The van der Waals surface area contributed by atoms with Gasteiger partial charge in [0.2, 0.25) is 5.91 Å². The second-order valence-electron chi connectivity index (χ2n) is 5.82. The van der Waals surface area contributed by atoms with Crippen LogP contribution in [0, 0.1) is 5.41 Å². The van der Waals surface area contributed by atoms with Crippen LogP contribution in [0.4, 0.5) is 0 Å². The fourth-order valence-corrected chi connectivity index (χ4v) is 3.45. The fourth-order valence-electron chi connectivity index (χ4n) is 2.64. The minimum atomic E-state index is -0.587. The van der Waals surface area contributed by atoms with Crippen molar-refractivity contribution in [3.05, 3.63) is 16.1 Å². The van der Waals surface area contributed by atoms with Crippen LogP contribution in [0.3, 0.4) is 0 Å². The molecule has 6 nitrogen and oxygen atoms in total. The van der Waals surface area contributed by atoms with Gasteiger partial charge in [-0.15, -0.1) is 11.3 Å². The third-order valence-corrected chi connectivity index (χ3v) is 5.25. The summed E-state index contributed by atoms with van der Waals surface area (Å²) < 4.78 is 0. The molecule has 1 aliphatic rings. The van der Waals surface area contributed by atoms with Crippen LogP contribution in [0.25, 0.3) is 0 Å². The third kappa shape index (κ3) is 3.59. The van der Waals surface area contributed by atoms with Gasteiger partial charge in [0.15, 0.2) is 0 Å². The molecule has 1 fully saturated rings. The molecule has 0 aliphatic heterocycles. The number of nitrogens with one attached hydrogen (secondary N) is 2. The zero-order chi connectivity index (χ0) is 15.5. The summed E-state index contributed by atoms with van der Waals surface area (Å²) in [5.74, 6) is -0.533. The van der Waals surface area contributed by atoms with Crippen molar-refractivity contribution in [2.24, 2.45) is 5.41 Å². The second kappa shape index (κ2) is 6.53. The molecular formula is C14H21N3O3S. The van der Waals surface area contributed by atoms with E-state index >= 15 is 0 Å². The third-order valence-electron chi connectivity index (χ3n) is 4.07. The van der Waals surface area contributed by atoms with Crippen LogP contribution in [0.2, 0.25) is 0 Å². The van der Waals surface area contributed by atoms with Gasteiger partial charge in [0, 0.05) is 5.41 Å². The predicted molar refractivity (Wildman–Crippen MR) is 79.1 cm³/mol. The number of hydrogen-bond acceptors (Lipinski definition) is 5. The molecular weight excluding hydrogens is 290 g/mol. The fraction of sp³-hybridized carbons (Fsp3) is 0.643. The number of nitrogens with zero attached hydrogens (tertiary/aromatic N) is 1. The molecule has 0 bridgehead atoms. The highest BCUT2D eigenvalue weighted by atomic mass is 32.1. The molecule has 1 heterocycles. The molecule has 116 valence electrons. The molecule has 7 heteroatoms. The van der Waals surface area contributed by atoms with Gasteiger partial charge in [-0.3, -0.25) is 14.8 Å². The summed E-state index contributed by atoms with van der Waals surface area (Å²) in [6.07, 6.45) is 6.62. The van der Waals surface area contributed by atoms with E-state index in [-0.39, 0.29) is 17.4 Å². The largest absolute Gasteiger partial charge is 0.347 e. The molecule has 0 radical (unpaired) electrons. The Morgan fingerprint density at radius 2 is 2.05 bits per heavy atom. The van der Waals surface area contributed by atoms with E-state index in [4.69, 9.17) is 5.21 Å². The molecule has 0 aromatic carbocycles. The van der Waals surface area contributed by atoms with Gasteiger partial charge >= 0.3 is 0 Å². The van der Waals surface area contributed by atoms with E-state index in [0.717, 1.165) is 37.0 Å². The van der Waals surface area contributed by atoms with Gasteiger partial charge in [0.25, 0.3) is 5.91 Å². The van der Waals surface area contributed by atoms with E-state index in [2.05, 4.69) is 10.3 Å². The zero-order valence-corrected chi connectivity index (χ0v) is 13.1. The molecule has 1 aliphatic carbocycles. The van der Waals surface area contributed by atoms with E-state index in [0.29, 0.717) is 9.88 Å².